The highest BCUT2D eigenvalue weighted by molar-refractivity contribution is 14.0. The zero-order chi connectivity index (χ0) is 20.1. The van der Waals surface area contributed by atoms with Gasteiger partial charge in [0, 0.05) is 42.6 Å². The predicted molar refractivity (Wildman–Crippen MR) is 134 cm³/mol. The van der Waals surface area contributed by atoms with Gasteiger partial charge in [0.2, 0.25) is 5.91 Å². The fourth-order valence-corrected chi connectivity index (χ4v) is 4.23. The van der Waals surface area contributed by atoms with Crippen LogP contribution in [0.2, 0.25) is 0 Å². The van der Waals surface area contributed by atoms with Crippen LogP contribution in [0.5, 0.6) is 0 Å². The van der Waals surface area contributed by atoms with Gasteiger partial charge in [0.15, 0.2) is 5.96 Å². The van der Waals surface area contributed by atoms with Gasteiger partial charge in [-0.1, -0.05) is 48.5 Å². The first-order valence-electron chi connectivity index (χ1n) is 9.56. The molecule has 0 saturated carbocycles. The number of halogens is 1. The fraction of sp³-hybridized carbons (Fsp3) is 0.227. The lowest BCUT2D eigenvalue weighted by Gasteiger charge is -2.26. The van der Waals surface area contributed by atoms with E-state index in [9.17, 15) is 4.79 Å². The zero-order valence-corrected chi connectivity index (χ0v) is 19.7. The third-order valence-corrected chi connectivity index (χ3v) is 5.80. The van der Waals surface area contributed by atoms with Crippen LogP contribution < -0.4 is 16.0 Å². The average molecular weight is 533 g/mol. The largest absolute Gasteiger partial charge is 0.356 e. The van der Waals surface area contributed by atoms with Gasteiger partial charge in [0.1, 0.15) is 5.01 Å². The minimum Gasteiger partial charge on any atom is -0.356 e. The second-order valence-electron chi connectivity index (χ2n) is 6.85. The van der Waals surface area contributed by atoms with Crippen LogP contribution >= 0.6 is 35.3 Å². The van der Waals surface area contributed by atoms with E-state index < -0.39 is 0 Å². The molecule has 3 aromatic rings. The number of nitrogens with zero attached hydrogens (tertiary/aromatic N) is 2. The van der Waals surface area contributed by atoms with Gasteiger partial charge in [-0.05, 0) is 11.6 Å². The molecule has 1 atom stereocenters. The molecule has 0 aliphatic carbocycles. The van der Waals surface area contributed by atoms with E-state index in [0.29, 0.717) is 25.5 Å². The summed E-state index contributed by atoms with van der Waals surface area (Å²) in [5.74, 6) is 0.861. The molecule has 1 aliphatic rings. The normalized spacial score (nSPS) is 15.6. The topological polar surface area (TPSA) is 78.4 Å². The summed E-state index contributed by atoms with van der Waals surface area (Å²) in [4.78, 5) is 21.0. The molecule has 0 saturated heterocycles. The van der Waals surface area contributed by atoms with E-state index >= 15 is 0 Å². The molecule has 6 nitrogen and oxygen atoms in total. The second-order valence-corrected chi connectivity index (χ2v) is 7.71. The van der Waals surface area contributed by atoms with E-state index in [4.69, 9.17) is 4.98 Å². The highest BCUT2D eigenvalue weighted by Gasteiger charge is 2.24. The molecule has 8 heteroatoms. The van der Waals surface area contributed by atoms with Gasteiger partial charge in [-0.15, -0.1) is 35.3 Å². The number of nitrogens with one attached hydrogen (secondary N) is 3. The first kappa shape index (κ1) is 22.2. The van der Waals surface area contributed by atoms with Crippen molar-refractivity contribution >= 4 is 52.9 Å². The van der Waals surface area contributed by atoms with Crippen molar-refractivity contribution in [2.75, 3.05) is 18.9 Å². The molecule has 0 radical (unpaired) electrons. The molecule has 2 aromatic carbocycles. The molecule has 1 aliphatic heterocycles. The molecular formula is C22H24IN5OS. The number of thiazole rings is 1. The van der Waals surface area contributed by atoms with Crippen molar-refractivity contribution in [2.24, 2.45) is 4.99 Å². The number of carbonyl (C=O) groups excluding carboxylic acids is 1. The Morgan fingerprint density at radius 3 is 2.73 bits per heavy atom. The Balaban J connectivity index is 0.00000256. The van der Waals surface area contributed by atoms with Crippen LogP contribution in [-0.2, 0) is 11.3 Å². The number of anilines is 1. The minimum absolute atomic E-state index is 0. The standard InChI is InChI=1S/C22H23N5OS.HI/c1-23-22(24-12-16-11-20(28)27-19-10-6-5-9-18(16)19)25-13-17-14-29-21(26-17)15-7-3-2-4-8-15;/h2-10,14,16H,11-13H2,1H3,(H,27,28)(H2,23,24,25);1H. The monoisotopic (exact) mass is 533 g/mol. The van der Waals surface area contributed by atoms with Gasteiger partial charge >= 0.3 is 0 Å². The summed E-state index contributed by atoms with van der Waals surface area (Å²) in [7, 11) is 1.74. The second kappa shape index (κ2) is 10.5. The molecule has 3 N–H and O–H groups in total. The molecule has 2 heterocycles. The number of amides is 1. The van der Waals surface area contributed by atoms with E-state index in [-0.39, 0.29) is 35.8 Å². The van der Waals surface area contributed by atoms with Crippen LogP contribution in [0.1, 0.15) is 23.6 Å². The molecule has 156 valence electrons. The van der Waals surface area contributed by atoms with Crippen molar-refractivity contribution in [1.82, 2.24) is 15.6 Å². The van der Waals surface area contributed by atoms with Crippen molar-refractivity contribution < 1.29 is 4.79 Å². The summed E-state index contributed by atoms with van der Waals surface area (Å²) in [6.45, 7) is 1.22. The summed E-state index contributed by atoms with van der Waals surface area (Å²) in [6, 6.07) is 18.1. The van der Waals surface area contributed by atoms with Crippen LogP contribution in [0.25, 0.3) is 10.6 Å². The fourth-order valence-electron chi connectivity index (χ4n) is 3.40. The van der Waals surface area contributed by atoms with Crippen LogP contribution in [0.3, 0.4) is 0 Å². The van der Waals surface area contributed by atoms with Crippen LogP contribution in [0.4, 0.5) is 5.69 Å². The van der Waals surface area contributed by atoms with Crippen molar-refractivity contribution in [2.45, 2.75) is 18.9 Å². The maximum absolute atomic E-state index is 12.0. The number of aromatic nitrogens is 1. The molecular weight excluding hydrogens is 509 g/mol. The number of aliphatic imine (C=N–C) groups is 1. The Hall–Kier alpha value is -2.46. The lowest BCUT2D eigenvalue weighted by molar-refractivity contribution is -0.116. The zero-order valence-electron chi connectivity index (χ0n) is 16.6. The number of guanidine groups is 1. The first-order valence-corrected chi connectivity index (χ1v) is 10.4. The summed E-state index contributed by atoms with van der Waals surface area (Å²) < 4.78 is 0. The smallest absolute Gasteiger partial charge is 0.225 e. The molecule has 0 spiro atoms. The van der Waals surface area contributed by atoms with Crippen molar-refractivity contribution in [3.05, 3.63) is 71.2 Å². The Labute approximate surface area is 197 Å². The van der Waals surface area contributed by atoms with Gasteiger partial charge in [-0.3, -0.25) is 9.79 Å². The number of benzene rings is 2. The first-order chi connectivity index (χ1) is 14.2. The van der Waals surface area contributed by atoms with E-state index in [2.05, 4.69) is 44.5 Å². The van der Waals surface area contributed by atoms with Crippen molar-refractivity contribution in [1.29, 1.82) is 0 Å². The third-order valence-electron chi connectivity index (χ3n) is 4.86. The van der Waals surface area contributed by atoms with Gasteiger partial charge in [0.25, 0.3) is 0 Å². The number of carbonyl (C=O) groups is 1. The Morgan fingerprint density at radius 2 is 1.93 bits per heavy atom. The van der Waals surface area contributed by atoms with Crippen LogP contribution in [0.15, 0.2) is 65.0 Å². The van der Waals surface area contributed by atoms with Gasteiger partial charge in [0.05, 0.1) is 12.2 Å². The van der Waals surface area contributed by atoms with Gasteiger partial charge < -0.3 is 16.0 Å². The quantitative estimate of drug-likeness (QED) is 0.261. The van der Waals surface area contributed by atoms with E-state index in [1.807, 2.05) is 36.4 Å². The van der Waals surface area contributed by atoms with Crippen molar-refractivity contribution in [3.8, 4) is 10.6 Å². The van der Waals surface area contributed by atoms with E-state index in [1.54, 1.807) is 18.4 Å². The highest BCUT2D eigenvalue weighted by Crippen LogP contribution is 2.31. The SMILES string of the molecule is CN=C(NCc1csc(-c2ccccc2)n1)NCC1CC(=O)Nc2ccccc21.I. The van der Waals surface area contributed by atoms with E-state index in [0.717, 1.165) is 27.5 Å². The summed E-state index contributed by atoms with van der Waals surface area (Å²) in [5, 5.41) is 12.7. The molecule has 1 unspecified atom stereocenters. The molecule has 1 amide bonds. The van der Waals surface area contributed by atoms with Crippen LogP contribution in [-0.4, -0.2) is 30.4 Å². The number of hydrogen-bond acceptors (Lipinski definition) is 4. The number of fused-ring (bicyclic) bond motifs is 1. The maximum Gasteiger partial charge on any atom is 0.225 e. The summed E-state index contributed by atoms with van der Waals surface area (Å²) in [6.07, 6.45) is 0.466. The van der Waals surface area contributed by atoms with Gasteiger partial charge in [-0.25, -0.2) is 4.98 Å². The Kier molecular flexibility index (Phi) is 7.81. The number of rotatable bonds is 5. The molecule has 0 fully saturated rings. The number of hydrogen-bond donors (Lipinski definition) is 3. The highest BCUT2D eigenvalue weighted by atomic mass is 127. The lowest BCUT2D eigenvalue weighted by Crippen LogP contribution is -2.40. The van der Waals surface area contributed by atoms with Crippen LogP contribution in [0, 0.1) is 0 Å². The molecule has 0 bridgehead atoms. The lowest BCUT2D eigenvalue weighted by atomic mass is 9.90. The average Bonchev–Trinajstić information content (AvgIpc) is 3.23. The number of para-hydroxylation sites is 1. The molecule has 30 heavy (non-hydrogen) atoms. The van der Waals surface area contributed by atoms with Crippen molar-refractivity contribution in [3.63, 3.8) is 0 Å². The summed E-state index contributed by atoms with van der Waals surface area (Å²) in [5.41, 5.74) is 4.15. The Morgan fingerprint density at radius 1 is 1.17 bits per heavy atom. The Bertz CT molecular complexity index is 1020. The summed E-state index contributed by atoms with van der Waals surface area (Å²) >= 11 is 1.63. The predicted octanol–water partition coefficient (Wildman–Crippen LogP) is 4.22. The molecule has 4 rings (SSSR count). The minimum atomic E-state index is 0. The molecule has 1 aromatic heterocycles. The van der Waals surface area contributed by atoms with Gasteiger partial charge in [-0.2, -0.15) is 0 Å². The van der Waals surface area contributed by atoms with E-state index in [1.165, 1.54) is 0 Å². The third kappa shape index (κ3) is 5.37. The maximum atomic E-state index is 12.0.